The van der Waals surface area contributed by atoms with Gasteiger partial charge in [0.05, 0.1) is 6.10 Å². The first-order valence-corrected chi connectivity index (χ1v) is 7.92. The number of hydrogen-bond donors (Lipinski definition) is 1. The van der Waals surface area contributed by atoms with Gasteiger partial charge < -0.3 is 14.7 Å². The molecule has 0 aromatic heterocycles. The van der Waals surface area contributed by atoms with Crippen molar-refractivity contribution in [3.05, 3.63) is 29.6 Å². The fraction of sp³-hybridized carbons (Fsp3) is 0.588. The lowest BCUT2D eigenvalue weighted by atomic mass is 9.86. The molecule has 2 aliphatic rings. The van der Waals surface area contributed by atoms with E-state index in [1.165, 1.54) is 12.1 Å². The summed E-state index contributed by atoms with van der Waals surface area (Å²) >= 11 is 0. The SMILES string of the molecule is CN(CC1CCCCC1O)C(=O)C1Cc2cc(F)ccc2O1. The van der Waals surface area contributed by atoms with Crippen LogP contribution in [-0.4, -0.2) is 41.7 Å². The Bertz CT molecular complexity index is 563. The van der Waals surface area contributed by atoms with Gasteiger partial charge in [-0.1, -0.05) is 12.8 Å². The van der Waals surface area contributed by atoms with Gasteiger partial charge in [0, 0.05) is 31.5 Å². The average molecular weight is 307 g/mol. The molecule has 1 aliphatic heterocycles. The van der Waals surface area contributed by atoms with E-state index < -0.39 is 6.10 Å². The molecule has 1 fully saturated rings. The van der Waals surface area contributed by atoms with Crippen LogP contribution in [0.3, 0.4) is 0 Å². The Kier molecular flexibility index (Phi) is 4.34. The third-order valence-corrected chi connectivity index (χ3v) is 4.73. The van der Waals surface area contributed by atoms with Gasteiger partial charge in [-0.05, 0) is 31.0 Å². The van der Waals surface area contributed by atoms with E-state index in [1.807, 2.05) is 0 Å². The van der Waals surface area contributed by atoms with E-state index in [2.05, 4.69) is 0 Å². The summed E-state index contributed by atoms with van der Waals surface area (Å²) in [6.45, 7) is 0.546. The molecule has 3 atom stereocenters. The zero-order chi connectivity index (χ0) is 15.7. The number of carbonyl (C=O) groups is 1. The topological polar surface area (TPSA) is 49.8 Å². The number of halogens is 1. The first-order chi connectivity index (χ1) is 10.5. The van der Waals surface area contributed by atoms with Crippen LogP contribution in [0.15, 0.2) is 18.2 Å². The summed E-state index contributed by atoms with van der Waals surface area (Å²) in [5, 5.41) is 10.0. The third-order valence-electron chi connectivity index (χ3n) is 4.73. The Labute approximate surface area is 129 Å². The van der Waals surface area contributed by atoms with Crippen LogP contribution in [0.2, 0.25) is 0 Å². The van der Waals surface area contributed by atoms with E-state index in [0.29, 0.717) is 18.7 Å². The average Bonchev–Trinajstić information content (AvgIpc) is 2.91. The summed E-state index contributed by atoms with van der Waals surface area (Å²) in [5.41, 5.74) is 0.740. The maximum absolute atomic E-state index is 13.2. The van der Waals surface area contributed by atoms with Gasteiger partial charge in [-0.15, -0.1) is 0 Å². The highest BCUT2D eigenvalue weighted by Crippen LogP contribution is 2.30. The molecule has 0 spiro atoms. The minimum Gasteiger partial charge on any atom is -0.480 e. The van der Waals surface area contributed by atoms with Crippen LogP contribution < -0.4 is 4.74 Å². The Morgan fingerprint density at radius 2 is 2.18 bits per heavy atom. The van der Waals surface area contributed by atoms with Gasteiger partial charge in [0.1, 0.15) is 11.6 Å². The standard InChI is InChI=1S/C17H22FNO3/c1-19(10-11-4-2-3-5-14(11)20)17(21)16-9-12-8-13(18)6-7-15(12)22-16/h6-8,11,14,16,20H,2-5,9-10H2,1H3. The van der Waals surface area contributed by atoms with Crippen LogP contribution in [0.25, 0.3) is 0 Å². The zero-order valence-corrected chi connectivity index (χ0v) is 12.8. The molecular weight excluding hydrogens is 285 g/mol. The molecule has 120 valence electrons. The molecule has 22 heavy (non-hydrogen) atoms. The lowest BCUT2D eigenvalue weighted by Crippen LogP contribution is -2.43. The minimum atomic E-state index is -0.581. The molecule has 1 N–H and O–H groups in total. The number of benzene rings is 1. The Hall–Kier alpha value is -1.62. The number of aliphatic hydroxyl groups is 1. The quantitative estimate of drug-likeness (QED) is 0.931. The molecule has 1 amide bonds. The molecule has 3 unspecified atom stereocenters. The van der Waals surface area contributed by atoms with Crippen molar-refractivity contribution in [2.24, 2.45) is 5.92 Å². The van der Waals surface area contributed by atoms with E-state index in [9.17, 15) is 14.3 Å². The molecule has 1 aliphatic carbocycles. The lowest BCUT2D eigenvalue weighted by molar-refractivity contribution is -0.137. The maximum Gasteiger partial charge on any atom is 0.263 e. The van der Waals surface area contributed by atoms with Gasteiger partial charge in [0.25, 0.3) is 5.91 Å². The summed E-state index contributed by atoms with van der Waals surface area (Å²) < 4.78 is 18.9. The number of amides is 1. The monoisotopic (exact) mass is 307 g/mol. The van der Waals surface area contributed by atoms with Gasteiger partial charge in [0.15, 0.2) is 6.10 Å². The predicted octanol–water partition coefficient (Wildman–Crippen LogP) is 2.14. The van der Waals surface area contributed by atoms with E-state index >= 15 is 0 Å². The second-order valence-electron chi connectivity index (χ2n) is 6.39. The van der Waals surface area contributed by atoms with Gasteiger partial charge in [-0.3, -0.25) is 4.79 Å². The fourth-order valence-electron chi connectivity index (χ4n) is 3.44. The van der Waals surface area contributed by atoms with E-state index in [1.54, 1.807) is 18.0 Å². The van der Waals surface area contributed by atoms with Crippen molar-refractivity contribution in [1.82, 2.24) is 4.90 Å². The van der Waals surface area contributed by atoms with Gasteiger partial charge >= 0.3 is 0 Å². The molecule has 1 aromatic rings. The number of ether oxygens (including phenoxy) is 1. The number of fused-ring (bicyclic) bond motifs is 1. The number of nitrogens with zero attached hydrogens (tertiary/aromatic N) is 1. The molecular formula is C17H22FNO3. The zero-order valence-electron chi connectivity index (χ0n) is 12.8. The molecule has 1 saturated carbocycles. The molecule has 0 bridgehead atoms. The fourth-order valence-corrected chi connectivity index (χ4v) is 3.44. The molecule has 4 nitrogen and oxygen atoms in total. The number of carbonyl (C=O) groups excluding carboxylic acids is 1. The molecule has 1 heterocycles. The second kappa shape index (κ2) is 6.24. The van der Waals surface area contributed by atoms with E-state index in [4.69, 9.17) is 4.74 Å². The number of rotatable bonds is 3. The van der Waals surface area contributed by atoms with Crippen molar-refractivity contribution in [1.29, 1.82) is 0 Å². The summed E-state index contributed by atoms with van der Waals surface area (Å²) in [6.07, 6.45) is 3.44. The third kappa shape index (κ3) is 3.09. The van der Waals surface area contributed by atoms with Crippen molar-refractivity contribution in [2.45, 2.75) is 44.3 Å². The van der Waals surface area contributed by atoms with E-state index in [-0.39, 0.29) is 23.7 Å². The highest BCUT2D eigenvalue weighted by atomic mass is 19.1. The van der Waals surface area contributed by atoms with Crippen molar-refractivity contribution in [3.8, 4) is 5.75 Å². The largest absolute Gasteiger partial charge is 0.480 e. The van der Waals surface area contributed by atoms with Gasteiger partial charge in [-0.2, -0.15) is 0 Å². The number of likely N-dealkylation sites (N-methyl/N-ethyl adjacent to an activating group) is 1. The van der Waals surface area contributed by atoms with Crippen LogP contribution in [0.4, 0.5) is 4.39 Å². The maximum atomic E-state index is 13.2. The summed E-state index contributed by atoms with van der Waals surface area (Å²) in [6, 6.07) is 4.34. The van der Waals surface area contributed by atoms with Crippen LogP contribution in [0.1, 0.15) is 31.2 Å². The van der Waals surface area contributed by atoms with Crippen LogP contribution in [0, 0.1) is 11.7 Å². The highest BCUT2D eigenvalue weighted by Gasteiger charge is 2.33. The van der Waals surface area contributed by atoms with Crippen LogP contribution in [-0.2, 0) is 11.2 Å². The van der Waals surface area contributed by atoms with Gasteiger partial charge in [0.2, 0.25) is 0 Å². The van der Waals surface area contributed by atoms with Crippen molar-refractivity contribution < 1.29 is 19.0 Å². The highest BCUT2D eigenvalue weighted by molar-refractivity contribution is 5.82. The van der Waals surface area contributed by atoms with E-state index in [0.717, 1.165) is 31.2 Å². The number of aliphatic hydroxyl groups excluding tert-OH is 1. The first kappa shape index (κ1) is 15.3. The van der Waals surface area contributed by atoms with Crippen molar-refractivity contribution >= 4 is 5.91 Å². The predicted molar refractivity (Wildman–Crippen MR) is 80.1 cm³/mol. The summed E-state index contributed by atoms with van der Waals surface area (Å²) in [5.74, 6) is 0.318. The first-order valence-electron chi connectivity index (χ1n) is 7.92. The molecule has 1 aromatic carbocycles. The normalized spacial score (nSPS) is 27.1. The Morgan fingerprint density at radius 3 is 2.95 bits per heavy atom. The lowest BCUT2D eigenvalue weighted by Gasteiger charge is -2.32. The Balaban J connectivity index is 1.60. The van der Waals surface area contributed by atoms with Crippen LogP contribution >= 0.6 is 0 Å². The molecule has 0 saturated heterocycles. The smallest absolute Gasteiger partial charge is 0.263 e. The summed E-state index contributed by atoms with van der Waals surface area (Å²) in [7, 11) is 1.75. The van der Waals surface area contributed by atoms with Gasteiger partial charge in [-0.25, -0.2) is 4.39 Å². The number of hydrogen-bond acceptors (Lipinski definition) is 3. The summed E-state index contributed by atoms with van der Waals surface area (Å²) in [4.78, 5) is 14.1. The molecule has 3 rings (SSSR count). The van der Waals surface area contributed by atoms with Crippen LogP contribution in [0.5, 0.6) is 5.75 Å². The Morgan fingerprint density at radius 1 is 1.41 bits per heavy atom. The van der Waals surface area contributed by atoms with Crippen molar-refractivity contribution in [3.63, 3.8) is 0 Å². The molecule has 5 heteroatoms. The molecule has 0 radical (unpaired) electrons. The second-order valence-corrected chi connectivity index (χ2v) is 6.39. The van der Waals surface area contributed by atoms with Crippen molar-refractivity contribution in [2.75, 3.05) is 13.6 Å². The minimum absolute atomic E-state index is 0.102.